The van der Waals surface area contributed by atoms with Gasteiger partial charge in [0, 0.05) is 31.3 Å². The summed E-state index contributed by atoms with van der Waals surface area (Å²) in [4.78, 5) is 2.20. The van der Waals surface area contributed by atoms with Gasteiger partial charge in [-0.05, 0) is 24.6 Å². The molecule has 82 valence electrons. The van der Waals surface area contributed by atoms with E-state index >= 15 is 0 Å². The van der Waals surface area contributed by atoms with Crippen molar-refractivity contribution in [3.05, 3.63) is 23.2 Å². The molecule has 1 atom stereocenters. The highest BCUT2D eigenvalue weighted by atomic mass is 35.5. The van der Waals surface area contributed by atoms with E-state index in [4.69, 9.17) is 22.4 Å². The molecule has 0 bridgehead atoms. The van der Waals surface area contributed by atoms with E-state index in [2.05, 4.69) is 4.90 Å². The van der Waals surface area contributed by atoms with Crippen molar-refractivity contribution in [3.63, 3.8) is 0 Å². The molecular formula is C11H15ClN2O. The standard InChI is InChI=1S/C11H15ClN2O/c12-10-5-9(13)1-2-11(10)14-4-3-8(6-14)7-15/h1-2,5,8,15H,3-4,6-7,13H2. The van der Waals surface area contributed by atoms with Crippen molar-refractivity contribution in [2.75, 3.05) is 30.3 Å². The maximum atomic E-state index is 9.06. The first-order chi connectivity index (χ1) is 7.20. The van der Waals surface area contributed by atoms with Gasteiger partial charge in [0.25, 0.3) is 0 Å². The van der Waals surface area contributed by atoms with Crippen molar-refractivity contribution in [3.8, 4) is 0 Å². The van der Waals surface area contributed by atoms with Gasteiger partial charge >= 0.3 is 0 Å². The summed E-state index contributed by atoms with van der Waals surface area (Å²) in [6.45, 7) is 2.08. The van der Waals surface area contributed by atoms with Crippen molar-refractivity contribution in [2.24, 2.45) is 5.92 Å². The maximum Gasteiger partial charge on any atom is 0.0660 e. The van der Waals surface area contributed by atoms with Gasteiger partial charge in [0.15, 0.2) is 0 Å². The molecule has 3 nitrogen and oxygen atoms in total. The number of nitrogens with two attached hydrogens (primary N) is 1. The molecule has 15 heavy (non-hydrogen) atoms. The second-order valence-electron chi connectivity index (χ2n) is 3.99. The number of aliphatic hydroxyl groups is 1. The van der Waals surface area contributed by atoms with Crippen molar-refractivity contribution >= 4 is 23.0 Å². The van der Waals surface area contributed by atoms with Gasteiger partial charge in [-0.3, -0.25) is 0 Å². The first-order valence-electron chi connectivity index (χ1n) is 5.11. The number of halogens is 1. The Balaban J connectivity index is 2.17. The number of nitrogens with zero attached hydrogens (tertiary/aromatic N) is 1. The largest absolute Gasteiger partial charge is 0.399 e. The van der Waals surface area contributed by atoms with Crippen LogP contribution in [0.1, 0.15) is 6.42 Å². The van der Waals surface area contributed by atoms with E-state index in [-0.39, 0.29) is 6.61 Å². The zero-order valence-electron chi connectivity index (χ0n) is 8.49. The van der Waals surface area contributed by atoms with Crippen molar-refractivity contribution < 1.29 is 5.11 Å². The topological polar surface area (TPSA) is 49.5 Å². The van der Waals surface area contributed by atoms with Crippen molar-refractivity contribution in [2.45, 2.75) is 6.42 Å². The molecule has 2 rings (SSSR count). The van der Waals surface area contributed by atoms with Crippen LogP contribution in [0.3, 0.4) is 0 Å². The van der Waals surface area contributed by atoms with Gasteiger partial charge in [-0.25, -0.2) is 0 Å². The molecule has 1 aromatic carbocycles. The molecule has 0 aromatic heterocycles. The normalized spacial score (nSPS) is 20.9. The third-order valence-corrected chi connectivity index (χ3v) is 3.16. The predicted octanol–water partition coefficient (Wildman–Crippen LogP) is 1.74. The zero-order chi connectivity index (χ0) is 10.8. The highest BCUT2D eigenvalue weighted by molar-refractivity contribution is 6.33. The lowest BCUT2D eigenvalue weighted by Crippen LogP contribution is -2.20. The highest BCUT2D eigenvalue weighted by Crippen LogP contribution is 2.31. The number of benzene rings is 1. The minimum Gasteiger partial charge on any atom is -0.399 e. The minimum atomic E-state index is 0.253. The molecule has 1 saturated heterocycles. The average Bonchev–Trinajstić information content (AvgIpc) is 2.66. The molecule has 1 unspecified atom stereocenters. The third-order valence-electron chi connectivity index (χ3n) is 2.86. The van der Waals surface area contributed by atoms with Gasteiger partial charge in [-0.1, -0.05) is 11.6 Å². The molecular weight excluding hydrogens is 212 g/mol. The van der Waals surface area contributed by atoms with Gasteiger partial charge < -0.3 is 15.7 Å². The Morgan fingerprint density at radius 1 is 1.53 bits per heavy atom. The van der Waals surface area contributed by atoms with Gasteiger partial charge in [0.05, 0.1) is 10.7 Å². The van der Waals surface area contributed by atoms with Crippen molar-refractivity contribution in [1.82, 2.24) is 0 Å². The van der Waals surface area contributed by atoms with Crippen LogP contribution >= 0.6 is 11.6 Å². The maximum absolute atomic E-state index is 9.06. The fourth-order valence-electron chi connectivity index (χ4n) is 1.98. The zero-order valence-corrected chi connectivity index (χ0v) is 9.24. The van der Waals surface area contributed by atoms with E-state index < -0.39 is 0 Å². The van der Waals surface area contributed by atoms with E-state index in [1.165, 1.54) is 0 Å². The van der Waals surface area contributed by atoms with E-state index in [0.717, 1.165) is 25.2 Å². The fraction of sp³-hybridized carbons (Fsp3) is 0.455. The van der Waals surface area contributed by atoms with Gasteiger partial charge in [-0.15, -0.1) is 0 Å². The number of hydrogen-bond donors (Lipinski definition) is 2. The number of nitrogen functional groups attached to an aromatic ring is 1. The summed E-state index contributed by atoms with van der Waals surface area (Å²) in [5.41, 5.74) is 7.33. The Labute approximate surface area is 94.4 Å². The molecule has 0 saturated carbocycles. The summed E-state index contributed by atoms with van der Waals surface area (Å²) in [6.07, 6.45) is 1.03. The Hall–Kier alpha value is -0.930. The summed E-state index contributed by atoms with van der Waals surface area (Å²) >= 11 is 6.12. The van der Waals surface area contributed by atoms with Crippen LogP contribution in [0.2, 0.25) is 5.02 Å². The Morgan fingerprint density at radius 3 is 2.93 bits per heavy atom. The number of hydrogen-bond acceptors (Lipinski definition) is 3. The SMILES string of the molecule is Nc1ccc(N2CCC(CO)C2)c(Cl)c1. The summed E-state index contributed by atoms with van der Waals surface area (Å²) in [6, 6.07) is 5.56. The average molecular weight is 227 g/mol. The van der Waals surface area contributed by atoms with Crippen LogP contribution in [-0.4, -0.2) is 24.8 Å². The molecule has 4 heteroatoms. The number of rotatable bonds is 2. The molecule has 0 radical (unpaired) electrons. The van der Waals surface area contributed by atoms with Crippen LogP contribution in [-0.2, 0) is 0 Å². The number of anilines is 2. The quantitative estimate of drug-likeness (QED) is 0.756. The third kappa shape index (κ3) is 2.19. The Bertz CT molecular complexity index is 356. The first-order valence-corrected chi connectivity index (χ1v) is 5.49. The molecule has 1 heterocycles. The smallest absolute Gasteiger partial charge is 0.0660 e. The molecule has 1 aliphatic rings. The first kappa shape index (κ1) is 10.6. The lowest BCUT2D eigenvalue weighted by atomic mass is 10.1. The van der Waals surface area contributed by atoms with E-state index in [1.807, 2.05) is 12.1 Å². The molecule has 1 fully saturated rings. The van der Waals surface area contributed by atoms with E-state index in [0.29, 0.717) is 16.6 Å². The Kier molecular flexibility index (Phi) is 3.03. The predicted molar refractivity (Wildman–Crippen MR) is 63.3 cm³/mol. The second kappa shape index (κ2) is 4.29. The second-order valence-corrected chi connectivity index (χ2v) is 4.40. The molecule has 1 aromatic rings. The van der Waals surface area contributed by atoms with Crippen molar-refractivity contribution in [1.29, 1.82) is 0 Å². The lowest BCUT2D eigenvalue weighted by molar-refractivity contribution is 0.238. The van der Waals surface area contributed by atoms with Crippen LogP contribution in [0.25, 0.3) is 0 Å². The van der Waals surface area contributed by atoms with Crippen LogP contribution < -0.4 is 10.6 Å². The Morgan fingerprint density at radius 2 is 2.33 bits per heavy atom. The van der Waals surface area contributed by atoms with Crippen LogP contribution in [0.4, 0.5) is 11.4 Å². The van der Waals surface area contributed by atoms with Gasteiger partial charge in [-0.2, -0.15) is 0 Å². The van der Waals surface area contributed by atoms with Crippen LogP contribution in [0.15, 0.2) is 18.2 Å². The monoisotopic (exact) mass is 226 g/mol. The van der Waals surface area contributed by atoms with Gasteiger partial charge in [0.2, 0.25) is 0 Å². The summed E-state index contributed by atoms with van der Waals surface area (Å²) < 4.78 is 0. The summed E-state index contributed by atoms with van der Waals surface area (Å²) in [5, 5.41) is 9.75. The van der Waals surface area contributed by atoms with Crippen LogP contribution in [0.5, 0.6) is 0 Å². The molecule has 0 amide bonds. The fourth-order valence-corrected chi connectivity index (χ4v) is 2.29. The van der Waals surface area contributed by atoms with E-state index in [1.54, 1.807) is 6.07 Å². The molecule has 0 spiro atoms. The summed E-state index contributed by atoms with van der Waals surface area (Å²) in [5.74, 6) is 0.374. The highest BCUT2D eigenvalue weighted by Gasteiger charge is 2.23. The number of aliphatic hydroxyl groups excluding tert-OH is 1. The van der Waals surface area contributed by atoms with Crippen LogP contribution in [0, 0.1) is 5.92 Å². The summed E-state index contributed by atoms with van der Waals surface area (Å²) in [7, 11) is 0. The minimum absolute atomic E-state index is 0.253. The van der Waals surface area contributed by atoms with E-state index in [9.17, 15) is 0 Å². The molecule has 1 aliphatic heterocycles. The van der Waals surface area contributed by atoms with Gasteiger partial charge in [0.1, 0.15) is 0 Å². The lowest BCUT2D eigenvalue weighted by Gasteiger charge is -2.20. The molecule has 0 aliphatic carbocycles. The molecule has 3 N–H and O–H groups in total.